The number of hydrogen-bond acceptors (Lipinski definition) is 3. The number of benzene rings is 2. The topological polar surface area (TPSA) is 79.0 Å². The molecular weight excluding hydrogens is 408 g/mol. The number of hydrogen-bond donors (Lipinski definition) is 3. The van der Waals surface area contributed by atoms with Crippen molar-refractivity contribution in [2.24, 2.45) is 0 Å². The fourth-order valence-corrected chi connectivity index (χ4v) is 4.52. The first-order valence-electron chi connectivity index (χ1n) is 9.10. The summed E-state index contributed by atoms with van der Waals surface area (Å²) in [5, 5.41) is 14.0. The van der Waals surface area contributed by atoms with Gasteiger partial charge in [-0.15, -0.1) is 0 Å². The molecule has 138 valence electrons. The number of ether oxygens (including phenoxy) is 1. The van der Waals surface area contributed by atoms with Crippen LogP contribution in [0.2, 0.25) is 0 Å². The van der Waals surface area contributed by atoms with Crippen LogP contribution >= 0.6 is 15.9 Å². The van der Waals surface area contributed by atoms with Crippen molar-refractivity contribution in [3.8, 4) is 5.75 Å². The number of H-pyrrole nitrogens is 1. The van der Waals surface area contributed by atoms with Gasteiger partial charge in [0.05, 0.1) is 23.4 Å². The number of amides is 2. The molecule has 1 saturated carbocycles. The summed E-state index contributed by atoms with van der Waals surface area (Å²) in [6, 6.07) is 11.5. The van der Waals surface area contributed by atoms with Crippen LogP contribution in [0.5, 0.6) is 5.75 Å². The first-order chi connectivity index (χ1) is 13.1. The molecule has 1 atom stereocenters. The lowest BCUT2D eigenvalue weighted by Gasteiger charge is -2.48. The van der Waals surface area contributed by atoms with Crippen molar-refractivity contribution in [3.63, 3.8) is 0 Å². The number of carbonyl (C=O) groups excluding carboxylic acids is 1. The Balaban J connectivity index is 1.39. The molecule has 1 spiro atoms. The zero-order chi connectivity index (χ0) is 18.4. The van der Waals surface area contributed by atoms with Gasteiger partial charge >= 0.3 is 6.03 Å². The number of para-hydroxylation sites is 1. The Bertz CT molecular complexity index is 1030. The monoisotopic (exact) mass is 426 g/mol. The Hall–Kier alpha value is -2.54. The molecule has 0 radical (unpaired) electrons. The Morgan fingerprint density at radius 2 is 2.15 bits per heavy atom. The maximum atomic E-state index is 12.8. The number of carbonyl (C=O) groups is 1. The molecule has 7 heteroatoms. The Morgan fingerprint density at radius 1 is 1.30 bits per heavy atom. The van der Waals surface area contributed by atoms with Gasteiger partial charge in [-0.3, -0.25) is 5.10 Å². The van der Waals surface area contributed by atoms with Crippen molar-refractivity contribution in [1.82, 2.24) is 15.5 Å². The minimum atomic E-state index is -0.230. The molecule has 2 aromatic carbocycles. The SMILES string of the molecule is O=C(Nc1cc(Br)cc2[nH]ncc12)NC1CC2(CCC2)Oc2ccccc21. The fraction of sp³-hybridized carbons (Fsp3) is 0.300. The quantitative estimate of drug-likeness (QED) is 0.545. The van der Waals surface area contributed by atoms with E-state index in [2.05, 4.69) is 36.8 Å². The second-order valence-corrected chi connectivity index (χ2v) is 8.23. The molecule has 6 nitrogen and oxygen atoms in total. The molecule has 1 aliphatic heterocycles. The average molecular weight is 427 g/mol. The van der Waals surface area contributed by atoms with Crippen LogP contribution < -0.4 is 15.4 Å². The summed E-state index contributed by atoms with van der Waals surface area (Å²) in [7, 11) is 0. The molecule has 0 saturated heterocycles. The van der Waals surface area contributed by atoms with Crippen LogP contribution in [-0.2, 0) is 0 Å². The van der Waals surface area contributed by atoms with E-state index in [0.717, 1.165) is 46.0 Å². The lowest BCUT2D eigenvalue weighted by atomic mass is 9.73. The zero-order valence-corrected chi connectivity index (χ0v) is 16.2. The van der Waals surface area contributed by atoms with Crippen molar-refractivity contribution in [3.05, 3.63) is 52.6 Å². The maximum Gasteiger partial charge on any atom is 0.319 e. The van der Waals surface area contributed by atoms with E-state index < -0.39 is 0 Å². The highest BCUT2D eigenvalue weighted by molar-refractivity contribution is 9.10. The van der Waals surface area contributed by atoms with Crippen LogP contribution in [0, 0.1) is 0 Å². The molecule has 1 aliphatic carbocycles. The van der Waals surface area contributed by atoms with E-state index in [4.69, 9.17) is 4.74 Å². The Kier molecular flexibility index (Phi) is 3.86. The minimum Gasteiger partial charge on any atom is -0.487 e. The third-order valence-corrected chi connectivity index (χ3v) is 6.00. The van der Waals surface area contributed by atoms with Gasteiger partial charge in [-0.2, -0.15) is 5.10 Å². The van der Waals surface area contributed by atoms with Gasteiger partial charge in [-0.25, -0.2) is 4.79 Å². The molecule has 2 aliphatic rings. The number of aromatic amines is 1. The maximum absolute atomic E-state index is 12.8. The Labute approximate surface area is 164 Å². The number of halogens is 1. The van der Waals surface area contributed by atoms with Gasteiger partial charge in [0.1, 0.15) is 11.4 Å². The second kappa shape index (κ2) is 6.27. The smallest absolute Gasteiger partial charge is 0.319 e. The Morgan fingerprint density at radius 3 is 2.96 bits per heavy atom. The van der Waals surface area contributed by atoms with E-state index in [1.54, 1.807) is 6.20 Å². The number of nitrogens with one attached hydrogen (secondary N) is 3. The number of urea groups is 1. The predicted octanol–water partition coefficient (Wildman–Crippen LogP) is 4.89. The van der Waals surface area contributed by atoms with E-state index >= 15 is 0 Å². The summed E-state index contributed by atoms with van der Waals surface area (Å²) in [4.78, 5) is 12.8. The van der Waals surface area contributed by atoms with Gasteiger partial charge in [0, 0.05) is 21.8 Å². The van der Waals surface area contributed by atoms with Crippen molar-refractivity contribution in [2.45, 2.75) is 37.3 Å². The molecule has 5 rings (SSSR count). The number of fused-ring (bicyclic) bond motifs is 2. The van der Waals surface area contributed by atoms with E-state index in [-0.39, 0.29) is 17.7 Å². The predicted molar refractivity (Wildman–Crippen MR) is 107 cm³/mol. The van der Waals surface area contributed by atoms with Crippen molar-refractivity contribution < 1.29 is 9.53 Å². The van der Waals surface area contributed by atoms with E-state index in [0.29, 0.717) is 5.69 Å². The van der Waals surface area contributed by atoms with Gasteiger partial charge < -0.3 is 15.4 Å². The highest BCUT2D eigenvalue weighted by Crippen LogP contribution is 2.48. The first-order valence-corrected chi connectivity index (χ1v) is 9.89. The fourth-order valence-electron chi connectivity index (χ4n) is 4.06. The van der Waals surface area contributed by atoms with E-state index in [9.17, 15) is 4.79 Å². The van der Waals surface area contributed by atoms with Crippen LogP contribution in [0.4, 0.5) is 10.5 Å². The molecule has 1 fully saturated rings. The second-order valence-electron chi connectivity index (χ2n) is 7.32. The number of anilines is 1. The molecule has 2 amide bonds. The minimum absolute atomic E-state index is 0.0674. The zero-order valence-electron chi connectivity index (χ0n) is 14.6. The lowest BCUT2D eigenvalue weighted by molar-refractivity contribution is -0.0354. The van der Waals surface area contributed by atoms with Crippen molar-refractivity contribution in [1.29, 1.82) is 0 Å². The molecular formula is C20H19BrN4O2. The van der Waals surface area contributed by atoms with Crippen LogP contribution in [-0.4, -0.2) is 21.8 Å². The summed E-state index contributed by atoms with van der Waals surface area (Å²) in [5.41, 5.74) is 2.49. The summed E-state index contributed by atoms with van der Waals surface area (Å²) in [5.74, 6) is 0.883. The molecule has 3 N–H and O–H groups in total. The van der Waals surface area contributed by atoms with E-state index in [1.165, 1.54) is 6.42 Å². The van der Waals surface area contributed by atoms with Crippen LogP contribution in [0.15, 0.2) is 47.1 Å². The van der Waals surface area contributed by atoms with E-state index in [1.807, 2.05) is 36.4 Å². The summed E-state index contributed by atoms with van der Waals surface area (Å²) >= 11 is 3.47. The molecule has 3 aromatic rings. The lowest BCUT2D eigenvalue weighted by Crippen LogP contribution is -2.50. The van der Waals surface area contributed by atoms with Crippen LogP contribution in [0.1, 0.15) is 37.3 Å². The van der Waals surface area contributed by atoms with Crippen LogP contribution in [0.25, 0.3) is 10.9 Å². The summed E-state index contributed by atoms with van der Waals surface area (Å²) < 4.78 is 7.13. The largest absolute Gasteiger partial charge is 0.487 e. The normalized spacial score (nSPS) is 19.8. The van der Waals surface area contributed by atoms with Gasteiger partial charge in [0.25, 0.3) is 0 Å². The molecule has 0 bridgehead atoms. The molecule has 1 aromatic heterocycles. The molecule has 27 heavy (non-hydrogen) atoms. The molecule has 2 heterocycles. The third kappa shape index (κ3) is 2.96. The van der Waals surface area contributed by atoms with Gasteiger partial charge in [-0.1, -0.05) is 34.1 Å². The standard InChI is InChI=1S/C20H19BrN4O2/c21-12-8-15(14-11-22-25-16(14)9-12)23-19(26)24-17-10-20(6-3-7-20)27-18-5-2-1-4-13(17)18/h1-2,4-5,8-9,11,17H,3,6-7,10H2,(H,22,25)(H2,23,24,26). The summed E-state index contributed by atoms with van der Waals surface area (Å²) in [6.45, 7) is 0. The molecule has 1 unspecified atom stereocenters. The first kappa shape index (κ1) is 16.6. The average Bonchev–Trinajstić information content (AvgIpc) is 3.08. The number of aromatic nitrogens is 2. The van der Waals surface area contributed by atoms with Gasteiger partial charge in [-0.05, 0) is 37.5 Å². The highest BCUT2D eigenvalue weighted by atomic mass is 79.9. The van der Waals surface area contributed by atoms with Crippen molar-refractivity contribution in [2.75, 3.05) is 5.32 Å². The van der Waals surface area contributed by atoms with Gasteiger partial charge in [0.2, 0.25) is 0 Å². The highest BCUT2D eigenvalue weighted by Gasteiger charge is 2.45. The number of rotatable bonds is 2. The third-order valence-electron chi connectivity index (χ3n) is 5.54. The van der Waals surface area contributed by atoms with Crippen molar-refractivity contribution >= 4 is 38.6 Å². The van der Waals surface area contributed by atoms with Crippen LogP contribution in [0.3, 0.4) is 0 Å². The van der Waals surface area contributed by atoms with Gasteiger partial charge in [0.15, 0.2) is 0 Å². The summed E-state index contributed by atoms with van der Waals surface area (Å²) in [6.07, 6.45) is 5.78. The number of nitrogens with zero attached hydrogens (tertiary/aromatic N) is 1.